The summed E-state index contributed by atoms with van der Waals surface area (Å²) in [5.74, 6) is -0.207. The second-order valence-corrected chi connectivity index (χ2v) is 5.14. The lowest BCUT2D eigenvalue weighted by atomic mass is 9.97. The van der Waals surface area contributed by atoms with Gasteiger partial charge in [-0.15, -0.1) is 0 Å². The minimum Gasteiger partial charge on any atom is -0.309 e. The molecule has 1 nitrogen and oxygen atoms in total. The van der Waals surface area contributed by atoms with Crippen molar-refractivity contribution in [2.24, 2.45) is 0 Å². The highest BCUT2D eigenvalue weighted by molar-refractivity contribution is 9.10. The Kier molecular flexibility index (Phi) is 4.15. The first-order chi connectivity index (χ1) is 8.61. The van der Waals surface area contributed by atoms with Crippen LogP contribution in [0.4, 0.5) is 4.39 Å². The molecule has 18 heavy (non-hydrogen) atoms. The summed E-state index contributed by atoms with van der Waals surface area (Å²) in [6.07, 6.45) is 0. The third-order valence-electron chi connectivity index (χ3n) is 2.99. The monoisotopic (exact) mass is 307 g/mol. The molecule has 1 N–H and O–H groups in total. The maximum Gasteiger partial charge on any atom is 0.123 e. The molecule has 3 heteroatoms. The molecular weight excluding hydrogens is 293 g/mol. The molecule has 1 unspecified atom stereocenters. The SMILES string of the molecule is CNC(c1cccc(F)c1)c1ccc(Br)c(C)c1. The van der Waals surface area contributed by atoms with E-state index < -0.39 is 0 Å². The quantitative estimate of drug-likeness (QED) is 0.896. The molecular formula is C15H15BrFN. The molecule has 0 aliphatic heterocycles. The van der Waals surface area contributed by atoms with E-state index in [4.69, 9.17) is 0 Å². The number of nitrogens with one attached hydrogen (secondary N) is 1. The Morgan fingerprint density at radius 2 is 1.83 bits per heavy atom. The Morgan fingerprint density at radius 1 is 1.11 bits per heavy atom. The van der Waals surface area contributed by atoms with Gasteiger partial charge in [0.25, 0.3) is 0 Å². The minimum absolute atomic E-state index is 0.00694. The van der Waals surface area contributed by atoms with Crippen molar-refractivity contribution in [3.63, 3.8) is 0 Å². The molecule has 0 bridgehead atoms. The van der Waals surface area contributed by atoms with Crippen molar-refractivity contribution < 1.29 is 4.39 Å². The van der Waals surface area contributed by atoms with Gasteiger partial charge in [0.1, 0.15) is 5.82 Å². The highest BCUT2D eigenvalue weighted by Gasteiger charge is 2.13. The molecule has 2 aromatic carbocycles. The van der Waals surface area contributed by atoms with Crippen molar-refractivity contribution in [1.29, 1.82) is 0 Å². The molecule has 0 radical (unpaired) electrons. The Hall–Kier alpha value is -1.19. The maximum absolute atomic E-state index is 13.3. The van der Waals surface area contributed by atoms with E-state index in [0.29, 0.717) is 0 Å². The van der Waals surface area contributed by atoms with Crippen LogP contribution in [0, 0.1) is 12.7 Å². The van der Waals surface area contributed by atoms with E-state index in [1.165, 1.54) is 11.6 Å². The average Bonchev–Trinajstić information content (AvgIpc) is 2.35. The third kappa shape index (κ3) is 2.79. The maximum atomic E-state index is 13.3. The average molecular weight is 308 g/mol. The molecule has 0 aliphatic rings. The summed E-state index contributed by atoms with van der Waals surface area (Å²) in [6, 6.07) is 12.9. The van der Waals surface area contributed by atoms with Gasteiger partial charge in [-0.25, -0.2) is 4.39 Å². The summed E-state index contributed by atoms with van der Waals surface area (Å²) < 4.78 is 14.4. The van der Waals surface area contributed by atoms with Gasteiger partial charge in [-0.05, 0) is 48.9 Å². The van der Waals surface area contributed by atoms with Gasteiger partial charge < -0.3 is 5.32 Å². The zero-order valence-corrected chi connectivity index (χ0v) is 12.0. The fraction of sp³-hybridized carbons (Fsp3) is 0.200. The molecule has 0 saturated heterocycles. The summed E-state index contributed by atoms with van der Waals surface area (Å²) in [5, 5.41) is 3.23. The van der Waals surface area contributed by atoms with Gasteiger partial charge in [-0.3, -0.25) is 0 Å². The molecule has 0 aromatic heterocycles. The van der Waals surface area contributed by atoms with Crippen LogP contribution in [-0.2, 0) is 0 Å². The van der Waals surface area contributed by atoms with E-state index >= 15 is 0 Å². The second-order valence-electron chi connectivity index (χ2n) is 4.29. The molecule has 0 heterocycles. The normalized spacial score (nSPS) is 12.4. The largest absolute Gasteiger partial charge is 0.309 e. The molecule has 0 fully saturated rings. The number of hydrogen-bond acceptors (Lipinski definition) is 1. The highest BCUT2D eigenvalue weighted by atomic mass is 79.9. The summed E-state index contributed by atoms with van der Waals surface area (Å²) >= 11 is 3.49. The van der Waals surface area contributed by atoms with Gasteiger partial charge in [-0.2, -0.15) is 0 Å². The molecule has 94 valence electrons. The zero-order valence-electron chi connectivity index (χ0n) is 10.4. The van der Waals surface area contributed by atoms with Gasteiger partial charge in [-0.1, -0.05) is 40.2 Å². The van der Waals surface area contributed by atoms with Crippen molar-refractivity contribution in [3.8, 4) is 0 Å². The highest BCUT2D eigenvalue weighted by Crippen LogP contribution is 2.26. The van der Waals surface area contributed by atoms with Gasteiger partial charge >= 0.3 is 0 Å². The van der Waals surface area contributed by atoms with E-state index in [0.717, 1.165) is 15.6 Å². The summed E-state index contributed by atoms with van der Waals surface area (Å²) in [5.41, 5.74) is 3.23. The number of benzene rings is 2. The third-order valence-corrected chi connectivity index (χ3v) is 3.88. The van der Waals surface area contributed by atoms with Crippen LogP contribution in [0.2, 0.25) is 0 Å². The Balaban J connectivity index is 2.42. The predicted molar refractivity (Wildman–Crippen MR) is 76.2 cm³/mol. The second kappa shape index (κ2) is 5.63. The summed E-state index contributed by atoms with van der Waals surface area (Å²) in [4.78, 5) is 0. The molecule has 0 amide bonds. The number of hydrogen-bond donors (Lipinski definition) is 1. The van der Waals surface area contributed by atoms with E-state index in [2.05, 4.69) is 27.3 Å². The lowest BCUT2D eigenvalue weighted by molar-refractivity contribution is 0.616. The lowest BCUT2D eigenvalue weighted by Gasteiger charge is -2.18. The van der Waals surface area contributed by atoms with Crippen LogP contribution in [0.25, 0.3) is 0 Å². The predicted octanol–water partition coefficient (Wildman–Crippen LogP) is 4.21. The van der Waals surface area contributed by atoms with Crippen LogP contribution in [0.5, 0.6) is 0 Å². The molecule has 2 aromatic rings. The fourth-order valence-corrected chi connectivity index (χ4v) is 2.31. The number of rotatable bonds is 3. The van der Waals surface area contributed by atoms with Crippen LogP contribution >= 0.6 is 15.9 Å². The topological polar surface area (TPSA) is 12.0 Å². The van der Waals surface area contributed by atoms with Crippen molar-refractivity contribution in [3.05, 3.63) is 69.4 Å². The van der Waals surface area contributed by atoms with Gasteiger partial charge in [0, 0.05) is 4.47 Å². The Labute approximate surface area is 115 Å². The number of halogens is 2. The van der Waals surface area contributed by atoms with Gasteiger partial charge in [0.05, 0.1) is 6.04 Å². The number of aryl methyl sites for hydroxylation is 1. The Morgan fingerprint density at radius 3 is 2.44 bits per heavy atom. The van der Waals surface area contributed by atoms with Gasteiger partial charge in [0.2, 0.25) is 0 Å². The van der Waals surface area contributed by atoms with Crippen LogP contribution < -0.4 is 5.32 Å². The molecule has 1 atom stereocenters. The first kappa shape index (κ1) is 13.2. The molecule has 0 spiro atoms. The summed E-state index contributed by atoms with van der Waals surface area (Å²) in [6.45, 7) is 2.05. The van der Waals surface area contributed by atoms with E-state index in [9.17, 15) is 4.39 Å². The fourth-order valence-electron chi connectivity index (χ4n) is 2.06. The van der Waals surface area contributed by atoms with Crippen molar-refractivity contribution in [2.45, 2.75) is 13.0 Å². The zero-order chi connectivity index (χ0) is 13.1. The van der Waals surface area contributed by atoms with Crippen LogP contribution in [0.1, 0.15) is 22.7 Å². The summed E-state index contributed by atoms with van der Waals surface area (Å²) in [7, 11) is 1.88. The minimum atomic E-state index is -0.207. The van der Waals surface area contributed by atoms with Crippen LogP contribution in [0.3, 0.4) is 0 Å². The van der Waals surface area contributed by atoms with Crippen molar-refractivity contribution in [1.82, 2.24) is 5.32 Å². The van der Waals surface area contributed by atoms with E-state index in [1.54, 1.807) is 12.1 Å². The standard InChI is InChI=1S/C15H15BrFN/c1-10-8-12(6-7-14(10)16)15(18-2)11-4-3-5-13(17)9-11/h3-9,15,18H,1-2H3. The van der Waals surface area contributed by atoms with Crippen LogP contribution in [0.15, 0.2) is 46.9 Å². The first-order valence-electron chi connectivity index (χ1n) is 5.80. The first-order valence-corrected chi connectivity index (χ1v) is 6.60. The smallest absolute Gasteiger partial charge is 0.123 e. The van der Waals surface area contributed by atoms with E-state index in [1.807, 2.05) is 32.2 Å². The van der Waals surface area contributed by atoms with E-state index in [-0.39, 0.29) is 11.9 Å². The van der Waals surface area contributed by atoms with Crippen molar-refractivity contribution in [2.75, 3.05) is 7.05 Å². The Bertz CT molecular complexity index is 554. The molecule has 0 aliphatic carbocycles. The van der Waals surface area contributed by atoms with Gasteiger partial charge in [0.15, 0.2) is 0 Å². The van der Waals surface area contributed by atoms with Crippen molar-refractivity contribution >= 4 is 15.9 Å². The molecule has 0 saturated carbocycles. The van der Waals surface area contributed by atoms with Crippen LogP contribution in [-0.4, -0.2) is 7.05 Å². The lowest BCUT2D eigenvalue weighted by Crippen LogP contribution is -2.17. The molecule has 2 rings (SSSR count).